The number of hydrogen-bond donors (Lipinski definition) is 2. The number of nitrogens with one attached hydrogen (secondary N) is 2. The van der Waals surface area contributed by atoms with E-state index in [0.717, 1.165) is 16.8 Å². The second-order valence-electron chi connectivity index (χ2n) is 4.74. The molecule has 0 radical (unpaired) electrons. The third-order valence-corrected chi connectivity index (χ3v) is 3.34. The molecule has 0 saturated carbocycles. The van der Waals surface area contributed by atoms with Gasteiger partial charge in [0.05, 0.1) is 0 Å². The molecule has 0 fully saturated rings. The summed E-state index contributed by atoms with van der Waals surface area (Å²) in [7, 11) is 1.59. The van der Waals surface area contributed by atoms with Crippen molar-refractivity contribution in [2.24, 2.45) is 0 Å². The van der Waals surface area contributed by atoms with Crippen LogP contribution in [-0.4, -0.2) is 13.0 Å². The van der Waals surface area contributed by atoms with Crippen LogP contribution in [0.1, 0.15) is 21.5 Å². The second-order valence-corrected chi connectivity index (χ2v) is 5.18. The topological polar surface area (TPSA) is 41.1 Å². The number of amides is 1. The van der Waals surface area contributed by atoms with Gasteiger partial charge in [0.2, 0.25) is 0 Å². The lowest BCUT2D eigenvalue weighted by Gasteiger charge is -2.11. The fourth-order valence-corrected chi connectivity index (χ4v) is 2.30. The Hall–Kier alpha value is -2.07. The van der Waals surface area contributed by atoms with Gasteiger partial charge in [0, 0.05) is 29.9 Å². The highest BCUT2D eigenvalue weighted by atomic mass is 35.5. The highest BCUT2D eigenvalue weighted by Gasteiger charge is 2.06. The smallest absolute Gasteiger partial charge is 0.251 e. The average molecular weight is 307 g/mol. The third-order valence-electron chi connectivity index (χ3n) is 3.12. The number of benzene rings is 2. The normalized spacial score (nSPS) is 10.3. The first-order chi connectivity index (χ1) is 9.99. The van der Waals surface area contributed by atoms with Crippen molar-refractivity contribution in [2.45, 2.75) is 13.5 Å². The molecule has 2 N–H and O–H groups in total. The number of carbonyl (C=O) groups is 1. The van der Waals surface area contributed by atoms with Crippen LogP contribution < -0.4 is 10.6 Å². The number of aryl methyl sites for hydroxylation is 1. The Labute approximate surface area is 128 Å². The number of rotatable bonds is 4. The van der Waals surface area contributed by atoms with Gasteiger partial charge in [-0.1, -0.05) is 11.6 Å². The molecule has 2 rings (SSSR count). The van der Waals surface area contributed by atoms with E-state index in [1.165, 1.54) is 12.1 Å². The van der Waals surface area contributed by atoms with Crippen molar-refractivity contribution in [1.82, 2.24) is 5.32 Å². The molecule has 0 heterocycles. The molecule has 3 nitrogen and oxygen atoms in total. The molecule has 1 amide bonds. The van der Waals surface area contributed by atoms with Gasteiger partial charge in [-0.2, -0.15) is 0 Å². The molecular formula is C16H16ClFN2O. The summed E-state index contributed by atoms with van der Waals surface area (Å²) in [5.41, 5.74) is 3.20. The average Bonchev–Trinajstić information content (AvgIpc) is 2.44. The first-order valence-electron chi connectivity index (χ1n) is 6.51. The zero-order chi connectivity index (χ0) is 15.4. The molecule has 0 saturated heterocycles. The molecule has 0 bridgehead atoms. The van der Waals surface area contributed by atoms with Gasteiger partial charge in [-0.15, -0.1) is 0 Å². The van der Waals surface area contributed by atoms with Crippen molar-refractivity contribution in [3.63, 3.8) is 0 Å². The Morgan fingerprint density at radius 3 is 2.62 bits per heavy atom. The quantitative estimate of drug-likeness (QED) is 0.903. The Balaban J connectivity index is 2.11. The van der Waals surface area contributed by atoms with Crippen molar-refractivity contribution in [3.05, 3.63) is 63.9 Å². The van der Waals surface area contributed by atoms with Gasteiger partial charge in [-0.25, -0.2) is 4.39 Å². The van der Waals surface area contributed by atoms with Gasteiger partial charge in [0.1, 0.15) is 5.82 Å². The fraction of sp³-hybridized carbons (Fsp3) is 0.188. The SMILES string of the molecule is CNC(=O)c1ccc(NCc2cc(F)cc(Cl)c2)c(C)c1. The monoisotopic (exact) mass is 306 g/mol. The zero-order valence-corrected chi connectivity index (χ0v) is 12.6. The number of hydrogen-bond acceptors (Lipinski definition) is 2. The predicted molar refractivity (Wildman–Crippen MR) is 83.3 cm³/mol. The van der Waals surface area contributed by atoms with Gasteiger partial charge in [-0.05, 0) is 54.4 Å². The number of halogens is 2. The molecule has 0 unspecified atom stereocenters. The van der Waals surface area contributed by atoms with E-state index in [1.54, 1.807) is 25.2 Å². The van der Waals surface area contributed by atoms with Gasteiger partial charge < -0.3 is 10.6 Å². The summed E-state index contributed by atoms with van der Waals surface area (Å²) in [4.78, 5) is 11.5. The molecular weight excluding hydrogens is 291 g/mol. The van der Waals surface area contributed by atoms with Crippen molar-refractivity contribution >= 4 is 23.2 Å². The van der Waals surface area contributed by atoms with E-state index >= 15 is 0 Å². The molecule has 0 atom stereocenters. The molecule has 2 aromatic carbocycles. The first-order valence-corrected chi connectivity index (χ1v) is 6.89. The van der Waals surface area contributed by atoms with Gasteiger partial charge in [0.15, 0.2) is 0 Å². The van der Waals surface area contributed by atoms with Crippen LogP contribution in [0.15, 0.2) is 36.4 Å². The zero-order valence-electron chi connectivity index (χ0n) is 11.8. The highest BCUT2D eigenvalue weighted by molar-refractivity contribution is 6.30. The molecule has 2 aromatic rings. The number of carbonyl (C=O) groups excluding carboxylic acids is 1. The molecule has 0 aliphatic heterocycles. The maximum atomic E-state index is 13.3. The number of anilines is 1. The lowest BCUT2D eigenvalue weighted by molar-refractivity contribution is 0.0963. The van der Waals surface area contributed by atoms with Crippen molar-refractivity contribution in [3.8, 4) is 0 Å². The molecule has 21 heavy (non-hydrogen) atoms. The van der Waals surface area contributed by atoms with E-state index in [4.69, 9.17) is 11.6 Å². The standard InChI is InChI=1S/C16H16ClFN2O/c1-10-5-12(16(21)19-2)3-4-15(10)20-9-11-6-13(17)8-14(18)7-11/h3-8,20H,9H2,1-2H3,(H,19,21). The molecule has 5 heteroatoms. The summed E-state index contributed by atoms with van der Waals surface area (Å²) in [5, 5.41) is 6.17. The largest absolute Gasteiger partial charge is 0.381 e. The Bertz CT molecular complexity index is 653. The van der Waals surface area contributed by atoms with E-state index in [0.29, 0.717) is 17.1 Å². The summed E-state index contributed by atoms with van der Waals surface area (Å²) in [6.07, 6.45) is 0. The fourth-order valence-electron chi connectivity index (χ4n) is 2.06. The van der Waals surface area contributed by atoms with E-state index in [2.05, 4.69) is 10.6 Å². The second kappa shape index (κ2) is 6.59. The van der Waals surface area contributed by atoms with Crippen molar-refractivity contribution < 1.29 is 9.18 Å². The van der Waals surface area contributed by atoms with Crippen LogP contribution in [0, 0.1) is 12.7 Å². The first kappa shape index (κ1) is 15.3. The lowest BCUT2D eigenvalue weighted by atomic mass is 10.1. The Morgan fingerprint density at radius 1 is 1.24 bits per heavy atom. The molecule has 0 aliphatic carbocycles. The van der Waals surface area contributed by atoms with Crippen LogP contribution in [-0.2, 0) is 6.54 Å². The van der Waals surface area contributed by atoms with Crippen LogP contribution in [0.3, 0.4) is 0 Å². The minimum Gasteiger partial charge on any atom is -0.381 e. The van der Waals surface area contributed by atoms with E-state index in [1.807, 2.05) is 13.0 Å². The van der Waals surface area contributed by atoms with E-state index in [9.17, 15) is 9.18 Å². The van der Waals surface area contributed by atoms with Crippen LogP contribution >= 0.6 is 11.6 Å². The van der Waals surface area contributed by atoms with Gasteiger partial charge in [0.25, 0.3) is 5.91 Å². The van der Waals surface area contributed by atoms with Crippen LogP contribution in [0.4, 0.5) is 10.1 Å². The molecule has 0 spiro atoms. The molecule has 110 valence electrons. The summed E-state index contributed by atoms with van der Waals surface area (Å²) >= 11 is 5.82. The molecule has 0 aromatic heterocycles. The Kier molecular flexibility index (Phi) is 4.81. The van der Waals surface area contributed by atoms with Gasteiger partial charge in [-0.3, -0.25) is 4.79 Å². The van der Waals surface area contributed by atoms with Crippen LogP contribution in [0.2, 0.25) is 5.02 Å². The Morgan fingerprint density at radius 2 is 2.00 bits per heavy atom. The maximum Gasteiger partial charge on any atom is 0.251 e. The summed E-state index contributed by atoms with van der Waals surface area (Å²) in [6, 6.07) is 9.81. The minimum atomic E-state index is -0.356. The van der Waals surface area contributed by atoms with E-state index < -0.39 is 0 Å². The van der Waals surface area contributed by atoms with E-state index in [-0.39, 0.29) is 11.7 Å². The highest BCUT2D eigenvalue weighted by Crippen LogP contribution is 2.19. The minimum absolute atomic E-state index is 0.124. The van der Waals surface area contributed by atoms with Gasteiger partial charge >= 0.3 is 0 Å². The van der Waals surface area contributed by atoms with Crippen LogP contribution in [0.5, 0.6) is 0 Å². The van der Waals surface area contributed by atoms with Crippen LogP contribution in [0.25, 0.3) is 0 Å². The van der Waals surface area contributed by atoms with Crippen molar-refractivity contribution in [1.29, 1.82) is 0 Å². The summed E-state index contributed by atoms with van der Waals surface area (Å²) in [6.45, 7) is 2.37. The third kappa shape index (κ3) is 3.95. The molecule has 0 aliphatic rings. The summed E-state index contributed by atoms with van der Waals surface area (Å²) in [5.74, 6) is -0.479. The van der Waals surface area contributed by atoms with Crippen molar-refractivity contribution in [2.75, 3.05) is 12.4 Å². The lowest BCUT2D eigenvalue weighted by Crippen LogP contribution is -2.17. The predicted octanol–water partition coefficient (Wildman–Crippen LogP) is 3.76. The summed E-state index contributed by atoms with van der Waals surface area (Å²) < 4.78 is 13.3. The maximum absolute atomic E-state index is 13.3.